The van der Waals surface area contributed by atoms with E-state index in [1.165, 1.54) is 6.07 Å². The van der Waals surface area contributed by atoms with Gasteiger partial charge in [0.1, 0.15) is 8.59 Å². The van der Waals surface area contributed by atoms with E-state index < -0.39 is 21.2 Å². The zero-order chi connectivity index (χ0) is 9.30. The Hall–Kier alpha value is 0.420. The van der Waals surface area contributed by atoms with Crippen molar-refractivity contribution < 1.29 is 8.18 Å². The summed E-state index contributed by atoms with van der Waals surface area (Å²) in [7, 11) is 0. The number of rotatable bonds is 1. The topological polar surface area (TPSA) is 37.3 Å². The number of benzene rings is 1. The lowest BCUT2D eigenvalue weighted by atomic mass is 10.3. The Balaban J connectivity index is 3.51. The van der Waals surface area contributed by atoms with Crippen LogP contribution in [-0.2, 0) is 3.07 Å². The van der Waals surface area contributed by atoms with E-state index in [-0.39, 0.29) is 24.4 Å². The summed E-state index contributed by atoms with van der Waals surface area (Å²) in [5.41, 5.74) is 0. The second-order valence-electron chi connectivity index (χ2n) is 1.89. The molecule has 12 heavy (non-hydrogen) atoms. The van der Waals surface area contributed by atoms with Crippen molar-refractivity contribution in [1.29, 1.82) is 0 Å². The van der Waals surface area contributed by atoms with Crippen LogP contribution in [0.25, 0.3) is 0 Å². The summed E-state index contributed by atoms with van der Waals surface area (Å²) in [4.78, 5) is 0. The van der Waals surface area contributed by atoms with Crippen LogP contribution in [0.1, 0.15) is 0 Å². The minimum absolute atomic E-state index is 0.00776. The fourth-order valence-electron chi connectivity index (χ4n) is 0.634. The molecule has 0 radical (unpaired) electrons. The largest absolute Gasteiger partial charge is 0.505 e. The van der Waals surface area contributed by atoms with Gasteiger partial charge in [-0.2, -0.15) is 0 Å². The van der Waals surface area contributed by atoms with Crippen LogP contribution in [0.3, 0.4) is 0 Å². The molecule has 0 aromatic heterocycles. The molecule has 0 aliphatic rings. The highest BCUT2D eigenvalue weighted by Gasteiger charge is 2.14. The lowest BCUT2D eigenvalue weighted by molar-refractivity contribution is 0.472. The highest BCUT2D eigenvalue weighted by atomic mass is 127. The van der Waals surface area contributed by atoms with E-state index in [9.17, 15) is 8.18 Å². The molecule has 0 saturated carbocycles. The Morgan fingerprint density at radius 2 is 1.83 bits per heavy atom. The monoisotopic (exact) mass is 338 g/mol. The van der Waals surface area contributed by atoms with Crippen LogP contribution in [0, 0.1) is 3.57 Å². The average Bonchev–Trinajstić information content (AvgIpc) is 2.01. The van der Waals surface area contributed by atoms with Gasteiger partial charge in [-0.1, -0.05) is 34.8 Å². The van der Waals surface area contributed by atoms with E-state index in [0.29, 0.717) is 0 Å². The lowest BCUT2D eigenvalue weighted by Crippen LogP contribution is -1.79. The van der Waals surface area contributed by atoms with Crippen molar-refractivity contribution in [3.63, 3.8) is 0 Å². The van der Waals surface area contributed by atoms with E-state index in [2.05, 4.69) is 0 Å². The third kappa shape index (κ3) is 1.84. The first kappa shape index (κ1) is 10.5. The van der Waals surface area contributed by atoms with Crippen LogP contribution in [0.4, 0.5) is 0 Å². The van der Waals surface area contributed by atoms with Gasteiger partial charge in [-0.05, 0) is 6.07 Å². The summed E-state index contributed by atoms with van der Waals surface area (Å²) in [5.74, 6) is -0.281. The molecule has 0 unspecified atom stereocenters. The van der Waals surface area contributed by atoms with Crippen LogP contribution in [0.5, 0.6) is 5.75 Å². The molecule has 0 bridgehead atoms. The Kier molecular flexibility index (Phi) is 3.58. The quantitative estimate of drug-likeness (QED) is 0.623. The first-order chi connectivity index (χ1) is 5.57. The van der Waals surface area contributed by atoms with Gasteiger partial charge in [0.25, 0.3) is 0 Å². The summed E-state index contributed by atoms with van der Waals surface area (Å²) in [6, 6.07) is 1.36. The van der Waals surface area contributed by atoms with E-state index in [1.807, 2.05) is 0 Å². The van der Waals surface area contributed by atoms with Gasteiger partial charge in [0, 0.05) is 0 Å². The summed E-state index contributed by atoms with van der Waals surface area (Å²) < 4.78 is 10.8. The number of hydrogen-bond donors (Lipinski definition) is 1. The smallest absolute Gasteiger partial charge is 0.187 e. The second kappa shape index (κ2) is 4.09. The SMILES string of the molecule is O=Ic1c(Cl)cc(Cl)c(Cl)c1O. The van der Waals surface area contributed by atoms with Gasteiger partial charge in [-0.3, -0.25) is 3.07 Å². The van der Waals surface area contributed by atoms with Crippen molar-refractivity contribution in [1.82, 2.24) is 0 Å². The van der Waals surface area contributed by atoms with Gasteiger partial charge >= 0.3 is 0 Å². The number of phenols is 1. The average molecular weight is 339 g/mol. The maximum absolute atomic E-state index is 10.6. The number of aromatic hydroxyl groups is 1. The number of hydrogen-bond acceptors (Lipinski definition) is 2. The van der Waals surface area contributed by atoms with Gasteiger partial charge in [0.15, 0.2) is 26.9 Å². The molecule has 1 rings (SSSR count). The minimum atomic E-state index is -1.54. The third-order valence-electron chi connectivity index (χ3n) is 1.17. The van der Waals surface area contributed by atoms with Crippen LogP contribution in [0.15, 0.2) is 6.07 Å². The Morgan fingerprint density at radius 1 is 1.25 bits per heavy atom. The molecular formula is C6H2Cl3IO2. The van der Waals surface area contributed by atoms with E-state index in [0.717, 1.165) is 0 Å². The first-order valence-electron chi connectivity index (χ1n) is 2.71. The summed E-state index contributed by atoms with van der Waals surface area (Å²) in [6.07, 6.45) is 0. The second-order valence-corrected chi connectivity index (χ2v) is 4.61. The van der Waals surface area contributed by atoms with Crippen LogP contribution >= 0.6 is 56.0 Å². The fraction of sp³-hybridized carbons (Fsp3) is 0. The van der Waals surface area contributed by atoms with Crippen LogP contribution in [0.2, 0.25) is 15.1 Å². The molecule has 0 aliphatic carbocycles. The van der Waals surface area contributed by atoms with Crippen molar-refractivity contribution in [2.45, 2.75) is 0 Å². The number of phenolic OH excluding ortho intramolecular Hbond substituents is 1. The maximum atomic E-state index is 10.6. The molecule has 66 valence electrons. The van der Waals surface area contributed by atoms with E-state index >= 15 is 0 Å². The first-order valence-corrected chi connectivity index (χ1v) is 5.80. The molecule has 0 heterocycles. The van der Waals surface area contributed by atoms with Gasteiger partial charge in [-0.15, -0.1) is 0 Å². The Bertz CT molecular complexity index is 340. The summed E-state index contributed by atoms with van der Waals surface area (Å²) in [6.45, 7) is 0. The minimum Gasteiger partial charge on any atom is -0.505 e. The summed E-state index contributed by atoms with van der Waals surface area (Å²) in [5, 5.41) is 9.62. The molecule has 0 aliphatic heterocycles. The normalized spacial score (nSPS) is 10.2. The molecular weight excluding hydrogens is 337 g/mol. The molecule has 6 heteroatoms. The molecule has 1 aromatic rings. The van der Waals surface area contributed by atoms with E-state index in [1.54, 1.807) is 0 Å². The molecule has 0 saturated heterocycles. The predicted octanol–water partition coefficient (Wildman–Crippen LogP) is 3.84. The summed E-state index contributed by atoms with van der Waals surface area (Å²) >= 11 is 15.2. The maximum Gasteiger partial charge on any atom is 0.187 e. The highest BCUT2D eigenvalue weighted by Crippen LogP contribution is 2.40. The van der Waals surface area contributed by atoms with Crippen molar-refractivity contribution in [3.05, 3.63) is 24.7 Å². The Labute approximate surface area is 94.1 Å². The standard InChI is InChI=1S/C6H2Cl3IO2/c7-2-1-3(8)5(10-12)6(11)4(2)9/h1,11H. The zero-order valence-corrected chi connectivity index (χ0v) is 9.87. The van der Waals surface area contributed by atoms with Crippen LogP contribution < -0.4 is 0 Å². The molecule has 0 amide bonds. The number of halogens is 4. The van der Waals surface area contributed by atoms with Gasteiger partial charge in [0.2, 0.25) is 0 Å². The molecule has 1 N–H and O–H groups in total. The van der Waals surface area contributed by atoms with Gasteiger partial charge < -0.3 is 5.11 Å². The molecule has 1 aromatic carbocycles. The fourth-order valence-corrected chi connectivity index (χ4v) is 2.44. The molecule has 0 atom stereocenters. The van der Waals surface area contributed by atoms with Crippen molar-refractivity contribution in [2.75, 3.05) is 0 Å². The Morgan fingerprint density at radius 3 is 2.33 bits per heavy atom. The lowest BCUT2D eigenvalue weighted by Gasteiger charge is -2.02. The van der Waals surface area contributed by atoms with Gasteiger partial charge in [0.05, 0.1) is 10.0 Å². The molecule has 2 nitrogen and oxygen atoms in total. The molecule has 0 fully saturated rings. The van der Waals surface area contributed by atoms with Crippen molar-refractivity contribution in [2.24, 2.45) is 0 Å². The van der Waals surface area contributed by atoms with Gasteiger partial charge in [-0.25, -0.2) is 0 Å². The predicted molar refractivity (Wildman–Crippen MR) is 56.5 cm³/mol. The van der Waals surface area contributed by atoms with Crippen molar-refractivity contribution in [3.8, 4) is 5.75 Å². The van der Waals surface area contributed by atoms with E-state index in [4.69, 9.17) is 34.8 Å². The van der Waals surface area contributed by atoms with Crippen LogP contribution in [-0.4, -0.2) is 5.11 Å². The zero-order valence-electron chi connectivity index (χ0n) is 5.44. The highest BCUT2D eigenvalue weighted by molar-refractivity contribution is 14.1. The molecule has 0 spiro atoms. The van der Waals surface area contributed by atoms with Crippen molar-refractivity contribution >= 4 is 56.0 Å². The third-order valence-corrected chi connectivity index (χ3v) is 4.09.